The van der Waals surface area contributed by atoms with Crippen molar-refractivity contribution in [2.24, 2.45) is 7.05 Å². The number of anilines is 1. The third-order valence-electron chi connectivity index (χ3n) is 5.39. The SMILES string of the molecule is Cn1c(NC(=O)O)nc2cc(C(=O)NCCOCCO[Si](C)(C)C(C)(C)C)ccc21. The smallest absolute Gasteiger partial charge is 0.411 e. The molecular weight excluding hydrogens is 404 g/mol. The van der Waals surface area contributed by atoms with Gasteiger partial charge in [0.2, 0.25) is 5.95 Å². The molecule has 10 heteroatoms. The van der Waals surface area contributed by atoms with E-state index in [2.05, 4.69) is 49.5 Å². The number of hydrogen-bond acceptors (Lipinski definition) is 5. The van der Waals surface area contributed by atoms with E-state index in [4.69, 9.17) is 14.3 Å². The highest BCUT2D eigenvalue weighted by Crippen LogP contribution is 2.36. The number of carbonyl (C=O) groups excluding carboxylic acids is 1. The summed E-state index contributed by atoms with van der Waals surface area (Å²) in [6, 6.07) is 5.04. The third-order valence-corrected chi connectivity index (χ3v) is 9.93. The van der Waals surface area contributed by atoms with Crippen molar-refractivity contribution < 1.29 is 23.9 Å². The minimum atomic E-state index is -1.76. The second kappa shape index (κ2) is 9.58. The molecular formula is C20H32N4O5Si. The van der Waals surface area contributed by atoms with Gasteiger partial charge < -0.3 is 24.2 Å². The van der Waals surface area contributed by atoms with Crippen LogP contribution in [0.3, 0.4) is 0 Å². The molecule has 1 heterocycles. The molecule has 0 atom stereocenters. The number of benzene rings is 1. The summed E-state index contributed by atoms with van der Waals surface area (Å²) in [4.78, 5) is 27.4. The average Bonchev–Trinajstić information content (AvgIpc) is 2.94. The van der Waals surface area contributed by atoms with Crippen molar-refractivity contribution >= 4 is 37.3 Å². The number of carboxylic acid groups (broad SMARTS) is 1. The van der Waals surface area contributed by atoms with Crippen LogP contribution in [0.4, 0.5) is 10.7 Å². The van der Waals surface area contributed by atoms with E-state index >= 15 is 0 Å². The lowest BCUT2D eigenvalue weighted by Gasteiger charge is -2.36. The van der Waals surface area contributed by atoms with Gasteiger partial charge in [0.05, 0.1) is 30.9 Å². The van der Waals surface area contributed by atoms with Crippen LogP contribution in [0.1, 0.15) is 31.1 Å². The molecule has 0 aliphatic carbocycles. The molecule has 0 saturated heterocycles. The van der Waals surface area contributed by atoms with Crippen LogP contribution in [0.25, 0.3) is 11.0 Å². The van der Waals surface area contributed by atoms with Gasteiger partial charge in [-0.2, -0.15) is 0 Å². The Morgan fingerprint density at radius 2 is 1.90 bits per heavy atom. The van der Waals surface area contributed by atoms with E-state index in [9.17, 15) is 9.59 Å². The van der Waals surface area contributed by atoms with E-state index in [1.807, 2.05) is 0 Å². The molecule has 0 spiro atoms. The minimum absolute atomic E-state index is 0.167. The molecule has 0 saturated carbocycles. The fraction of sp³-hybridized carbons (Fsp3) is 0.550. The Hall–Kier alpha value is -2.43. The zero-order valence-corrected chi connectivity index (χ0v) is 19.5. The predicted octanol–water partition coefficient (Wildman–Crippen LogP) is 3.43. The summed E-state index contributed by atoms with van der Waals surface area (Å²) in [5.41, 5.74) is 1.71. The first-order chi connectivity index (χ1) is 13.9. The highest BCUT2D eigenvalue weighted by molar-refractivity contribution is 6.74. The van der Waals surface area contributed by atoms with E-state index in [1.54, 1.807) is 29.8 Å². The van der Waals surface area contributed by atoms with Crippen molar-refractivity contribution in [1.29, 1.82) is 0 Å². The first-order valence-electron chi connectivity index (χ1n) is 9.89. The molecule has 0 aliphatic heterocycles. The topological polar surface area (TPSA) is 115 Å². The lowest BCUT2D eigenvalue weighted by atomic mass is 10.2. The molecule has 0 aliphatic rings. The maximum Gasteiger partial charge on any atom is 0.411 e. The van der Waals surface area contributed by atoms with Gasteiger partial charge in [0.1, 0.15) is 0 Å². The largest absolute Gasteiger partial charge is 0.465 e. The molecule has 0 unspecified atom stereocenters. The van der Waals surface area contributed by atoms with Crippen LogP contribution in [-0.2, 0) is 16.2 Å². The Labute approximate surface area is 177 Å². The number of ether oxygens (including phenoxy) is 1. The number of hydrogen-bond donors (Lipinski definition) is 3. The molecule has 9 nitrogen and oxygen atoms in total. The summed E-state index contributed by atoms with van der Waals surface area (Å²) in [7, 11) is -0.0630. The number of nitrogens with zero attached hydrogens (tertiary/aromatic N) is 2. The van der Waals surface area contributed by atoms with Crippen molar-refractivity contribution in [1.82, 2.24) is 14.9 Å². The second-order valence-electron chi connectivity index (χ2n) is 8.61. The molecule has 1 aromatic heterocycles. The van der Waals surface area contributed by atoms with Gasteiger partial charge in [-0.3, -0.25) is 10.1 Å². The first-order valence-corrected chi connectivity index (χ1v) is 12.8. The Balaban J connectivity index is 1.79. The van der Waals surface area contributed by atoms with Gasteiger partial charge in [-0.05, 0) is 36.3 Å². The molecule has 2 aromatic rings. The third kappa shape index (κ3) is 6.03. The van der Waals surface area contributed by atoms with Crippen LogP contribution < -0.4 is 10.6 Å². The maximum absolute atomic E-state index is 12.4. The van der Waals surface area contributed by atoms with E-state index in [1.165, 1.54) is 0 Å². The summed E-state index contributed by atoms with van der Waals surface area (Å²) < 4.78 is 13.2. The fourth-order valence-corrected chi connectivity index (χ4v) is 3.59. The van der Waals surface area contributed by atoms with Gasteiger partial charge >= 0.3 is 6.09 Å². The quantitative estimate of drug-likeness (QED) is 0.410. The molecule has 2 amide bonds. The number of nitrogens with one attached hydrogen (secondary N) is 2. The zero-order chi connectivity index (χ0) is 22.5. The number of rotatable bonds is 9. The summed E-state index contributed by atoms with van der Waals surface area (Å²) in [6.07, 6.45) is -1.19. The summed E-state index contributed by atoms with van der Waals surface area (Å²) in [5.74, 6) is -0.0419. The lowest BCUT2D eigenvalue weighted by molar-refractivity contribution is 0.0851. The molecule has 0 bridgehead atoms. The number of aryl methyl sites for hydroxylation is 1. The van der Waals surface area contributed by atoms with Crippen molar-refractivity contribution in [3.63, 3.8) is 0 Å². The molecule has 166 valence electrons. The van der Waals surface area contributed by atoms with Crippen LogP contribution in [-0.4, -0.2) is 61.3 Å². The van der Waals surface area contributed by atoms with Crippen molar-refractivity contribution in [3.8, 4) is 0 Å². The minimum Gasteiger partial charge on any atom is -0.465 e. The Kier molecular flexibility index (Phi) is 7.62. The van der Waals surface area contributed by atoms with Crippen LogP contribution in [0.5, 0.6) is 0 Å². The summed E-state index contributed by atoms with van der Waals surface area (Å²) >= 11 is 0. The maximum atomic E-state index is 12.4. The number of imidazole rings is 1. The van der Waals surface area contributed by atoms with Gasteiger partial charge in [0, 0.05) is 19.2 Å². The number of fused-ring (bicyclic) bond motifs is 1. The van der Waals surface area contributed by atoms with Crippen LogP contribution in [0.2, 0.25) is 18.1 Å². The van der Waals surface area contributed by atoms with E-state index in [0.29, 0.717) is 37.4 Å². The highest BCUT2D eigenvalue weighted by atomic mass is 28.4. The van der Waals surface area contributed by atoms with Crippen molar-refractivity contribution in [3.05, 3.63) is 23.8 Å². The predicted molar refractivity (Wildman–Crippen MR) is 119 cm³/mol. The van der Waals surface area contributed by atoms with Gasteiger partial charge in [0.25, 0.3) is 5.91 Å². The van der Waals surface area contributed by atoms with E-state index < -0.39 is 14.4 Å². The lowest BCUT2D eigenvalue weighted by Crippen LogP contribution is -2.41. The molecule has 0 fully saturated rings. The standard InChI is InChI=1S/C20H32N4O5Si/c1-20(2,3)30(5,6)29-12-11-28-10-9-21-17(25)14-7-8-16-15(13-14)22-18(24(16)4)23-19(26)27/h7-8,13H,9-12H2,1-6H3,(H,21,25)(H,22,23)(H,26,27). The molecule has 3 N–H and O–H groups in total. The first kappa shape index (κ1) is 23.8. The Morgan fingerprint density at radius 3 is 2.53 bits per heavy atom. The Bertz CT molecular complexity index is 904. The van der Waals surface area contributed by atoms with Crippen molar-refractivity contribution in [2.75, 3.05) is 31.7 Å². The number of aromatic nitrogens is 2. The van der Waals surface area contributed by atoms with Crippen molar-refractivity contribution in [2.45, 2.75) is 38.9 Å². The monoisotopic (exact) mass is 436 g/mol. The highest BCUT2D eigenvalue weighted by Gasteiger charge is 2.36. The summed E-state index contributed by atoms with van der Waals surface area (Å²) in [5, 5.41) is 14.1. The van der Waals surface area contributed by atoms with Crippen LogP contribution >= 0.6 is 0 Å². The molecule has 0 radical (unpaired) electrons. The molecule has 2 rings (SSSR count). The molecule has 30 heavy (non-hydrogen) atoms. The van der Waals surface area contributed by atoms with E-state index in [0.717, 1.165) is 5.52 Å². The second-order valence-corrected chi connectivity index (χ2v) is 13.4. The van der Waals surface area contributed by atoms with Gasteiger partial charge in [0.15, 0.2) is 8.32 Å². The van der Waals surface area contributed by atoms with Crippen LogP contribution in [0, 0.1) is 0 Å². The normalized spacial score (nSPS) is 12.2. The van der Waals surface area contributed by atoms with Gasteiger partial charge in [-0.15, -0.1) is 0 Å². The molecule has 1 aromatic carbocycles. The van der Waals surface area contributed by atoms with Gasteiger partial charge in [-0.25, -0.2) is 9.78 Å². The summed E-state index contributed by atoms with van der Waals surface area (Å²) in [6.45, 7) is 12.8. The Morgan fingerprint density at radius 1 is 1.20 bits per heavy atom. The van der Waals surface area contributed by atoms with Crippen LogP contribution in [0.15, 0.2) is 18.2 Å². The number of carbonyl (C=O) groups is 2. The fourth-order valence-electron chi connectivity index (χ4n) is 2.56. The van der Waals surface area contributed by atoms with E-state index in [-0.39, 0.29) is 16.9 Å². The van der Waals surface area contributed by atoms with Gasteiger partial charge in [-0.1, -0.05) is 20.8 Å². The average molecular weight is 437 g/mol. The number of amides is 2. The zero-order valence-electron chi connectivity index (χ0n) is 18.5.